The maximum Gasteiger partial charge on any atom is 0.0470 e. The zero-order valence-corrected chi connectivity index (χ0v) is 13.1. The van der Waals surface area contributed by atoms with E-state index in [4.69, 9.17) is 10.5 Å². The topological polar surface area (TPSA) is 38.5 Å². The van der Waals surface area contributed by atoms with Crippen molar-refractivity contribution in [2.45, 2.75) is 32.7 Å². The van der Waals surface area contributed by atoms with Gasteiger partial charge in [-0.05, 0) is 50.8 Å². The SMILES string of the molecule is Cc1ccc(C)c(C(CN)N(C)CC2CCOCC2)c1. The highest BCUT2D eigenvalue weighted by Crippen LogP contribution is 2.25. The van der Waals surface area contributed by atoms with E-state index in [-0.39, 0.29) is 0 Å². The number of hydrogen-bond donors (Lipinski definition) is 1. The van der Waals surface area contributed by atoms with Gasteiger partial charge in [0.2, 0.25) is 0 Å². The quantitative estimate of drug-likeness (QED) is 0.898. The Kier molecular flexibility index (Phi) is 5.58. The van der Waals surface area contributed by atoms with Gasteiger partial charge >= 0.3 is 0 Å². The van der Waals surface area contributed by atoms with E-state index in [2.05, 4.69) is 44.0 Å². The van der Waals surface area contributed by atoms with Gasteiger partial charge < -0.3 is 10.5 Å². The van der Waals surface area contributed by atoms with Gasteiger partial charge in [-0.1, -0.05) is 23.8 Å². The number of nitrogens with zero attached hydrogens (tertiary/aromatic N) is 1. The highest BCUT2D eigenvalue weighted by atomic mass is 16.5. The average molecular weight is 276 g/mol. The third-order valence-corrected chi connectivity index (χ3v) is 4.44. The highest BCUT2D eigenvalue weighted by Gasteiger charge is 2.22. The second kappa shape index (κ2) is 7.21. The third kappa shape index (κ3) is 3.81. The van der Waals surface area contributed by atoms with E-state index in [9.17, 15) is 0 Å². The molecule has 0 amide bonds. The molecule has 20 heavy (non-hydrogen) atoms. The molecule has 0 aliphatic carbocycles. The molecule has 1 heterocycles. The Morgan fingerprint density at radius 1 is 1.30 bits per heavy atom. The molecule has 2 rings (SSSR count). The fourth-order valence-electron chi connectivity index (χ4n) is 3.13. The monoisotopic (exact) mass is 276 g/mol. The van der Waals surface area contributed by atoms with Gasteiger partial charge in [-0.3, -0.25) is 4.90 Å². The van der Waals surface area contributed by atoms with Crippen LogP contribution in [0, 0.1) is 19.8 Å². The first-order chi connectivity index (χ1) is 9.61. The molecule has 0 bridgehead atoms. The van der Waals surface area contributed by atoms with E-state index in [1.54, 1.807) is 0 Å². The summed E-state index contributed by atoms with van der Waals surface area (Å²) in [5.74, 6) is 0.743. The van der Waals surface area contributed by atoms with E-state index in [1.165, 1.54) is 29.5 Å². The lowest BCUT2D eigenvalue weighted by molar-refractivity contribution is 0.0507. The standard InChI is InChI=1S/C17H28N2O/c1-13-4-5-14(2)16(10-13)17(11-18)19(3)12-15-6-8-20-9-7-15/h4-5,10,15,17H,6-9,11-12,18H2,1-3H3. The number of rotatable bonds is 5. The van der Waals surface area contributed by atoms with Crippen LogP contribution in [0.4, 0.5) is 0 Å². The van der Waals surface area contributed by atoms with Crippen molar-refractivity contribution < 1.29 is 4.74 Å². The average Bonchev–Trinajstić information content (AvgIpc) is 2.44. The summed E-state index contributed by atoms with van der Waals surface area (Å²) in [6, 6.07) is 6.98. The summed E-state index contributed by atoms with van der Waals surface area (Å²) in [6.45, 7) is 7.93. The van der Waals surface area contributed by atoms with Crippen molar-refractivity contribution in [3.8, 4) is 0 Å². The van der Waals surface area contributed by atoms with E-state index < -0.39 is 0 Å². The summed E-state index contributed by atoms with van der Waals surface area (Å²) < 4.78 is 5.44. The molecule has 1 aromatic rings. The predicted octanol–water partition coefficient (Wildman–Crippen LogP) is 2.66. The molecule has 1 atom stereocenters. The molecule has 112 valence electrons. The van der Waals surface area contributed by atoms with Crippen molar-refractivity contribution in [3.63, 3.8) is 0 Å². The number of nitrogens with two attached hydrogens (primary N) is 1. The second-order valence-electron chi connectivity index (χ2n) is 6.11. The van der Waals surface area contributed by atoms with Crippen LogP contribution in [0.2, 0.25) is 0 Å². The van der Waals surface area contributed by atoms with Gasteiger partial charge in [-0.25, -0.2) is 0 Å². The van der Waals surface area contributed by atoms with Gasteiger partial charge in [0.15, 0.2) is 0 Å². The van der Waals surface area contributed by atoms with Crippen molar-refractivity contribution in [1.29, 1.82) is 0 Å². The molecule has 1 aliphatic rings. The fraction of sp³-hybridized carbons (Fsp3) is 0.647. The van der Waals surface area contributed by atoms with Crippen LogP contribution < -0.4 is 5.73 Å². The van der Waals surface area contributed by atoms with Crippen molar-refractivity contribution in [2.75, 3.05) is 33.4 Å². The smallest absolute Gasteiger partial charge is 0.0470 e. The summed E-state index contributed by atoms with van der Waals surface area (Å²) in [5.41, 5.74) is 10.1. The third-order valence-electron chi connectivity index (χ3n) is 4.44. The molecule has 1 unspecified atom stereocenters. The van der Waals surface area contributed by atoms with Crippen molar-refractivity contribution >= 4 is 0 Å². The fourth-order valence-corrected chi connectivity index (χ4v) is 3.13. The summed E-state index contributed by atoms with van der Waals surface area (Å²) >= 11 is 0. The summed E-state index contributed by atoms with van der Waals surface area (Å²) in [4.78, 5) is 2.43. The minimum Gasteiger partial charge on any atom is -0.381 e. The summed E-state index contributed by atoms with van der Waals surface area (Å²) in [6.07, 6.45) is 2.35. The van der Waals surface area contributed by atoms with Crippen LogP contribution in [0.25, 0.3) is 0 Å². The Morgan fingerprint density at radius 2 is 2.00 bits per heavy atom. The molecular formula is C17H28N2O. The number of ether oxygens (including phenoxy) is 1. The number of aryl methyl sites for hydroxylation is 2. The zero-order valence-electron chi connectivity index (χ0n) is 13.1. The van der Waals surface area contributed by atoms with Gasteiger partial charge in [-0.15, -0.1) is 0 Å². The molecule has 0 radical (unpaired) electrons. The van der Waals surface area contributed by atoms with E-state index in [0.717, 1.165) is 25.7 Å². The molecular weight excluding hydrogens is 248 g/mol. The van der Waals surface area contributed by atoms with E-state index >= 15 is 0 Å². The van der Waals surface area contributed by atoms with Crippen LogP contribution in [0.3, 0.4) is 0 Å². The van der Waals surface area contributed by atoms with Crippen LogP contribution >= 0.6 is 0 Å². The van der Waals surface area contributed by atoms with Gasteiger partial charge in [0.1, 0.15) is 0 Å². The molecule has 1 saturated heterocycles. The van der Waals surface area contributed by atoms with Crippen LogP contribution in [0.15, 0.2) is 18.2 Å². The highest BCUT2D eigenvalue weighted by molar-refractivity contribution is 5.33. The Morgan fingerprint density at radius 3 is 2.65 bits per heavy atom. The van der Waals surface area contributed by atoms with Crippen LogP contribution in [-0.4, -0.2) is 38.3 Å². The molecule has 0 spiro atoms. The molecule has 1 aliphatic heterocycles. The maximum absolute atomic E-state index is 6.06. The minimum atomic E-state index is 0.317. The Balaban J connectivity index is 2.07. The van der Waals surface area contributed by atoms with Crippen molar-refractivity contribution in [2.24, 2.45) is 11.7 Å². The lowest BCUT2D eigenvalue weighted by Gasteiger charge is -2.33. The number of hydrogen-bond acceptors (Lipinski definition) is 3. The first-order valence-corrected chi connectivity index (χ1v) is 7.67. The van der Waals surface area contributed by atoms with Crippen LogP contribution in [0.5, 0.6) is 0 Å². The lowest BCUT2D eigenvalue weighted by Crippen LogP contribution is -2.36. The molecule has 2 N–H and O–H groups in total. The van der Waals surface area contributed by atoms with Crippen LogP contribution in [0.1, 0.15) is 35.6 Å². The minimum absolute atomic E-state index is 0.317. The van der Waals surface area contributed by atoms with Gasteiger partial charge in [0.25, 0.3) is 0 Å². The molecule has 0 saturated carbocycles. The Bertz CT molecular complexity index is 427. The van der Waals surface area contributed by atoms with Gasteiger partial charge in [0, 0.05) is 32.3 Å². The first kappa shape index (κ1) is 15.5. The predicted molar refractivity (Wildman–Crippen MR) is 83.9 cm³/mol. The lowest BCUT2D eigenvalue weighted by atomic mass is 9.95. The largest absolute Gasteiger partial charge is 0.381 e. The normalized spacial score (nSPS) is 18.4. The van der Waals surface area contributed by atoms with Crippen LogP contribution in [-0.2, 0) is 4.74 Å². The molecule has 0 aromatic heterocycles. The molecule has 3 nitrogen and oxygen atoms in total. The molecule has 1 aromatic carbocycles. The number of benzene rings is 1. The van der Waals surface area contributed by atoms with Crippen molar-refractivity contribution in [1.82, 2.24) is 4.90 Å². The van der Waals surface area contributed by atoms with Gasteiger partial charge in [-0.2, -0.15) is 0 Å². The Labute approximate surface area is 123 Å². The summed E-state index contributed by atoms with van der Waals surface area (Å²) in [5, 5.41) is 0. The maximum atomic E-state index is 6.06. The van der Waals surface area contributed by atoms with Gasteiger partial charge in [0.05, 0.1) is 0 Å². The van der Waals surface area contributed by atoms with Crippen molar-refractivity contribution in [3.05, 3.63) is 34.9 Å². The summed E-state index contributed by atoms with van der Waals surface area (Å²) in [7, 11) is 2.20. The zero-order chi connectivity index (χ0) is 14.5. The first-order valence-electron chi connectivity index (χ1n) is 7.67. The molecule has 1 fully saturated rings. The molecule has 3 heteroatoms. The Hall–Kier alpha value is -0.900. The second-order valence-corrected chi connectivity index (χ2v) is 6.11. The van der Waals surface area contributed by atoms with E-state index in [1.807, 2.05) is 0 Å². The number of likely N-dealkylation sites (N-methyl/N-ethyl adjacent to an activating group) is 1. The van der Waals surface area contributed by atoms with E-state index in [0.29, 0.717) is 12.6 Å².